The molecule has 0 aromatic heterocycles. The van der Waals surface area contributed by atoms with Gasteiger partial charge in [-0.3, -0.25) is 0 Å². The molecule has 3 N–H and O–H groups in total. The lowest BCUT2D eigenvalue weighted by atomic mass is 9.97. The van der Waals surface area contributed by atoms with Gasteiger partial charge in [0.25, 0.3) is 0 Å². The number of aliphatic hydroxyl groups excluding tert-OH is 1. The highest BCUT2D eigenvalue weighted by atomic mass is 79.9. The van der Waals surface area contributed by atoms with Gasteiger partial charge in [0.15, 0.2) is 5.82 Å². The van der Waals surface area contributed by atoms with Crippen molar-refractivity contribution in [2.24, 2.45) is 5.92 Å². The molecule has 1 heterocycles. The number of nitrogens with two attached hydrogens (primary N) is 1. The van der Waals surface area contributed by atoms with Crippen LogP contribution in [0.5, 0.6) is 0 Å². The van der Waals surface area contributed by atoms with Gasteiger partial charge in [-0.2, -0.15) is 4.31 Å². The molecule has 1 fully saturated rings. The lowest BCUT2D eigenvalue weighted by molar-refractivity contribution is 0.202. The summed E-state index contributed by atoms with van der Waals surface area (Å²) < 4.78 is 40.7. The minimum atomic E-state index is -3.92. The number of rotatable bonds is 4. The first-order valence-electron chi connectivity index (χ1n) is 6.71. The highest BCUT2D eigenvalue weighted by molar-refractivity contribution is 9.10. The van der Waals surface area contributed by atoms with Crippen molar-refractivity contribution in [2.75, 3.05) is 25.4 Å². The van der Waals surface area contributed by atoms with Gasteiger partial charge in [-0.05, 0) is 53.2 Å². The molecule has 0 amide bonds. The minimum absolute atomic E-state index is 0.0246. The van der Waals surface area contributed by atoms with Crippen LogP contribution in [-0.2, 0) is 10.0 Å². The molecule has 1 atom stereocenters. The van der Waals surface area contributed by atoms with Crippen LogP contribution in [0, 0.1) is 11.7 Å². The molecular formula is C13H18BrFN2O3S. The second kappa shape index (κ2) is 6.60. The van der Waals surface area contributed by atoms with Crippen LogP contribution in [0.4, 0.5) is 10.1 Å². The van der Waals surface area contributed by atoms with E-state index in [4.69, 9.17) is 10.8 Å². The average molecular weight is 381 g/mol. The standard InChI is InChI=1S/C13H18BrFN2O3S/c14-11-6-10(16)7-12(13(11)15)21(19,20)17-4-1-2-9(8-17)3-5-18/h6-7,9,18H,1-5,8,16H2. The van der Waals surface area contributed by atoms with E-state index in [9.17, 15) is 12.8 Å². The zero-order valence-corrected chi connectivity index (χ0v) is 13.8. The van der Waals surface area contributed by atoms with Gasteiger partial charge < -0.3 is 10.8 Å². The van der Waals surface area contributed by atoms with Crippen molar-refractivity contribution < 1.29 is 17.9 Å². The molecule has 1 unspecified atom stereocenters. The van der Waals surface area contributed by atoms with Crippen molar-refractivity contribution in [3.05, 3.63) is 22.4 Å². The topological polar surface area (TPSA) is 83.6 Å². The molecule has 1 aromatic carbocycles. The molecule has 1 aliphatic rings. The van der Waals surface area contributed by atoms with Crippen LogP contribution in [0.2, 0.25) is 0 Å². The fourth-order valence-electron chi connectivity index (χ4n) is 2.57. The molecule has 2 rings (SSSR count). The van der Waals surface area contributed by atoms with E-state index in [-0.39, 0.29) is 22.7 Å². The Morgan fingerprint density at radius 2 is 2.19 bits per heavy atom. The number of nitrogen functional groups attached to an aromatic ring is 1. The van der Waals surface area contributed by atoms with E-state index in [0.717, 1.165) is 12.5 Å². The molecule has 0 bridgehead atoms. The highest BCUT2D eigenvalue weighted by Gasteiger charge is 2.32. The first kappa shape index (κ1) is 16.7. The van der Waals surface area contributed by atoms with Crippen molar-refractivity contribution in [3.8, 4) is 0 Å². The van der Waals surface area contributed by atoms with Crippen LogP contribution in [0.15, 0.2) is 21.5 Å². The van der Waals surface area contributed by atoms with Crippen molar-refractivity contribution in [1.82, 2.24) is 4.31 Å². The Labute approximate surface area is 132 Å². The number of halogens is 2. The number of hydrogen-bond acceptors (Lipinski definition) is 4. The molecular weight excluding hydrogens is 363 g/mol. The van der Waals surface area contributed by atoms with Crippen LogP contribution in [-0.4, -0.2) is 37.5 Å². The number of anilines is 1. The molecule has 0 radical (unpaired) electrons. The Hall–Kier alpha value is -0.700. The second-order valence-electron chi connectivity index (χ2n) is 5.20. The summed E-state index contributed by atoms with van der Waals surface area (Å²) in [5, 5.41) is 8.99. The van der Waals surface area contributed by atoms with E-state index in [1.165, 1.54) is 10.4 Å². The third-order valence-electron chi connectivity index (χ3n) is 3.65. The normalized spacial score (nSPS) is 20.6. The van der Waals surface area contributed by atoms with Gasteiger partial charge >= 0.3 is 0 Å². The Bertz CT molecular complexity index is 622. The maximum absolute atomic E-state index is 14.1. The number of piperidine rings is 1. The van der Waals surface area contributed by atoms with Gasteiger partial charge in [-0.1, -0.05) is 0 Å². The third-order valence-corrected chi connectivity index (χ3v) is 6.10. The summed E-state index contributed by atoms with van der Waals surface area (Å²) in [5.74, 6) is -0.723. The van der Waals surface area contributed by atoms with E-state index in [1.807, 2.05) is 0 Å². The first-order chi connectivity index (χ1) is 9.86. The van der Waals surface area contributed by atoms with E-state index < -0.39 is 20.7 Å². The van der Waals surface area contributed by atoms with Crippen LogP contribution >= 0.6 is 15.9 Å². The van der Waals surface area contributed by atoms with Gasteiger partial charge in [0.1, 0.15) is 4.90 Å². The Kier molecular flexibility index (Phi) is 5.24. The largest absolute Gasteiger partial charge is 0.399 e. The number of aliphatic hydroxyl groups is 1. The summed E-state index contributed by atoms with van der Waals surface area (Å²) in [6.45, 7) is 0.682. The molecule has 0 spiro atoms. The second-order valence-corrected chi connectivity index (χ2v) is 7.96. The molecule has 118 valence electrons. The number of nitrogens with zero attached hydrogens (tertiary/aromatic N) is 1. The predicted molar refractivity (Wildman–Crippen MR) is 81.7 cm³/mol. The van der Waals surface area contributed by atoms with Crippen LogP contribution < -0.4 is 5.73 Å². The average Bonchev–Trinajstić information content (AvgIpc) is 2.43. The third kappa shape index (κ3) is 3.56. The van der Waals surface area contributed by atoms with Gasteiger partial charge in [0.05, 0.1) is 4.47 Å². The van der Waals surface area contributed by atoms with Crippen LogP contribution in [0.3, 0.4) is 0 Å². The van der Waals surface area contributed by atoms with E-state index in [0.29, 0.717) is 25.9 Å². The SMILES string of the molecule is Nc1cc(Br)c(F)c(S(=O)(=O)N2CCCC(CCO)C2)c1. The highest BCUT2D eigenvalue weighted by Crippen LogP contribution is 2.31. The molecule has 0 aliphatic carbocycles. The quantitative estimate of drug-likeness (QED) is 0.781. The van der Waals surface area contributed by atoms with Crippen molar-refractivity contribution >= 4 is 31.6 Å². The van der Waals surface area contributed by atoms with Crippen molar-refractivity contribution in [3.63, 3.8) is 0 Å². The summed E-state index contributed by atoms with van der Waals surface area (Å²) in [6, 6.07) is 2.48. The van der Waals surface area contributed by atoms with Gasteiger partial charge in [0, 0.05) is 25.4 Å². The maximum atomic E-state index is 14.1. The molecule has 1 saturated heterocycles. The van der Waals surface area contributed by atoms with Crippen molar-refractivity contribution in [1.29, 1.82) is 0 Å². The first-order valence-corrected chi connectivity index (χ1v) is 8.95. The number of benzene rings is 1. The molecule has 5 nitrogen and oxygen atoms in total. The summed E-state index contributed by atoms with van der Waals surface area (Å²) in [6.07, 6.45) is 2.12. The summed E-state index contributed by atoms with van der Waals surface area (Å²) >= 11 is 2.98. The van der Waals surface area contributed by atoms with E-state index in [2.05, 4.69) is 15.9 Å². The Balaban J connectivity index is 2.34. The summed E-state index contributed by atoms with van der Waals surface area (Å²) in [5.41, 5.74) is 5.80. The van der Waals surface area contributed by atoms with Crippen LogP contribution in [0.25, 0.3) is 0 Å². The number of hydrogen-bond donors (Lipinski definition) is 2. The molecule has 1 aromatic rings. The van der Waals surface area contributed by atoms with E-state index >= 15 is 0 Å². The van der Waals surface area contributed by atoms with Crippen molar-refractivity contribution in [2.45, 2.75) is 24.2 Å². The molecule has 21 heavy (non-hydrogen) atoms. The number of sulfonamides is 1. The molecule has 8 heteroatoms. The maximum Gasteiger partial charge on any atom is 0.246 e. The monoisotopic (exact) mass is 380 g/mol. The lowest BCUT2D eigenvalue weighted by Gasteiger charge is -2.31. The fourth-order valence-corrected chi connectivity index (χ4v) is 4.86. The van der Waals surface area contributed by atoms with Gasteiger partial charge in [-0.25, -0.2) is 12.8 Å². The predicted octanol–water partition coefficient (Wildman–Crippen LogP) is 1.95. The molecule has 0 saturated carbocycles. The van der Waals surface area contributed by atoms with Gasteiger partial charge in [0.2, 0.25) is 10.0 Å². The summed E-state index contributed by atoms with van der Waals surface area (Å²) in [4.78, 5) is -0.404. The summed E-state index contributed by atoms with van der Waals surface area (Å²) in [7, 11) is -3.92. The van der Waals surface area contributed by atoms with E-state index in [1.54, 1.807) is 0 Å². The van der Waals surface area contributed by atoms with Crippen LogP contribution in [0.1, 0.15) is 19.3 Å². The Morgan fingerprint density at radius 1 is 1.48 bits per heavy atom. The smallest absolute Gasteiger partial charge is 0.246 e. The zero-order valence-electron chi connectivity index (χ0n) is 11.4. The Morgan fingerprint density at radius 3 is 2.86 bits per heavy atom. The molecule has 1 aliphatic heterocycles. The zero-order chi connectivity index (χ0) is 15.6. The van der Waals surface area contributed by atoms with Gasteiger partial charge in [-0.15, -0.1) is 0 Å². The lowest BCUT2D eigenvalue weighted by Crippen LogP contribution is -2.40. The fraction of sp³-hybridized carbons (Fsp3) is 0.538. The minimum Gasteiger partial charge on any atom is -0.399 e.